The predicted molar refractivity (Wildman–Crippen MR) is 104 cm³/mol. The molecule has 1 aliphatic heterocycles. The molecule has 2 aromatic rings. The first-order chi connectivity index (χ1) is 13.4. The van der Waals surface area contributed by atoms with E-state index in [1.54, 1.807) is 6.92 Å². The van der Waals surface area contributed by atoms with E-state index in [9.17, 15) is 18.4 Å². The minimum atomic E-state index is -1.01. The molecular formula is C21H23F2N3O2. The topological polar surface area (TPSA) is 61.4 Å². The largest absolute Gasteiger partial charge is 0.326 e. The van der Waals surface area contributed by atoms with E-state index in [0.717, 1.165) is 30.7 Å². The molecule has 0 aromatic heterocycles. The van der Waals surface area contributed by atoms with Crippen molar-refractivity contribution in [2.24, 2.45) is 5.92 Å². The number of halogens is 2. The van der Waals surface area contributed by atoms with Gasteiger partial charge in [0.05, 0.1) is 12.0 Å². The van der Waals surface area contributed by atoms with Crippen molar-refractivity contribution in [1.29, 1.82) is 0 Å². The number of anilines is 2. The van der Waals surface area contributed by atoms with Crippen molar-refractivity contribution in [3.63, 3.8) is 0 Å². The summed E-state index contributed by atoms with van der Waals surface area (Å²) in [6.07, 6.45) is 1.56. The second kappa shape index (κ2) is 8.93. The van der Waals surface area contributed by atoms with Gasteiger partial charge >= 0.3 is 0 Å². The molecular weight excluding hydrogens is 364 g/mol. The van der Waals surface area contributed by atoms with Gasteiger partial charge in [-0.25, -0.2) is 8.78 Å². The van der Waals surface area contributed by atoms with E-state index in [0.29, 0.717) is 13.1 Å². The van der Waals surface area contributed by atoms with Crippen LogP contribution in [0.2, 0.25) is 0 Å². The van der Waals surface area contributed by atoms with E-state index < -0.39 is 17.7 Å². The maximum atomic E-state index is 13.3. The molecule has 1 aliphatic rings. The molecule has 0 radical (unpaired) electrons. The number of piperidine rings is 1. The standard InChI is InChI=1S/C21H23F2N3O2/c1-14(20(27)25-17-9-10-18(22)19(23)12-17)26-11-5-6-15(13-26)21(28)24-16-7-3-2-4-8-16/h2-4,7-10,12,14-15H,5-6,11,13H2,1H3,(H,24,28)(H,25,27). The first kappa shape index (κ1) is 19.9. The van der Waals surface area contributed by atoms with E-state index in [1.165, 1.54) is 6.07 Å². The number of rotatable bonds is 5. The number of nitrogens with zero attached hydrogens (tertiary/aromatic N) is 1. The zero-order chi connectivity index (χ0) is 20.1. The number of hydrogen-bond acceptors (Lipinski definition) is 3. The van der Waals surface area contributed by atoms with E-state index in [-0.39, 0.29) is 23.4 Å². The Labute approximate surface area is 162 Å². The number of likely N-dealkylation sites (tertiary alicyclic amines) is 1. The molecule has 5 nitrogen and oxygen atoms in total. The van der Waals surface area contributed by atoms with Crippen LogP contribution >= 0.6 is 0 Å². The van der Waals surface area contributed by atoms with E-state index in [1.807, 2.05) is 35.2 Å². The molecule has 148 valence electrons. The molecule has 3 rings (SSSR count). The number of benzene rings is 2. The van der Waals surface area contributed by atoms with E-state index in [4.69, 9.17) is 0 Å². The molecule has 1 saturated heterocycles. The Kier molecular flexibility index (Phi) is 6.36. The first-order valence-corrected chi connectivity index (χ1v) is 9.30. The quantitative estimate of drug-likeness (QED) is 0.823. The molecule has 2 aromatic carbocycles. The summed E-state index contributed by atoms with van der Waals surface area (Å²) in [5.74, 6) is -2.58. The number of para-hydroxylation sites is 1. The Morgan fingerprint density at radius 2 is 1.79 bits per heavy atom. The van der Waals surface area contributed by atoms with E-state index >= 15 is 0 Å². The zero-order valence-electron chi connectivity index (χ0n) is 15.6. The second-order valence-electron chi connectivity index (χ2n) is 6.98. The van der Waals surface area contributed by atoms with Gasteiger partial charge in [-0.1, -0.05) is 18.2 Å². The molecule has 2 unspecified atom stereocenters. The van der Waals surface area contributed by atoms with Crippen molar-refractivity contribution in [3.05, 3.63) is 60.2 Å². The highest BCUT2D eigenvalue weighted by Gasteiger charge is 2.31. The SMILES string of the molecule is CC(C(=O)Nc1ccc(F)c(F)c1)N1CCCC(C(=O)Nc2ccccc2)C1. The Morgan fingerprint density at radius 1 is 1.04 bits per heavy atom. The number of nitrogens with one attached hydrogen (secondary N) is 2. The van der Waals surface area contributed by atoms with Crippen molar-refractivity contribution in [3.8, 4) is 0 Å². The summed E-state index contributed by atoms with van der Waals surface area (Å²) in [6, 6.07) is 12.0. The minimum Gasteiger partial charge on any atom is -0.326 e. The second-order valence-corrected chi connectivity index (χ2v) is 6.98. The molecule has 0 spiro atoms. The third kappa shape index (κ3) is 4.92. The van der Waals surface area contributed by atoms with Crippen LogP contribution in [0, 0.1) is 17.6 Å². The van der Waals surface area contributed by atoms with Crippen molar-refractivity contribution in [2.75, 3.05) is 23.7 Å². The Morgan fingerprint density at radius 3 is 2.50 bits per heavy atom. The van der Waals surface area contributed by atoms with Crippen LogP contribution in [-0.4, -0.2) is 35.8 Å². The predicted octanol–water partition coefficient (Wildman–Crippen LogP) is 3.64. The number of hydrogen-bond donors (Lipinski definition) is 2. The van der Waals surface area contributed by atoms with Gasteiger partial charge in [-0.3, -0.25) is 14.5 Å². The first-order valence-electron chi connectivity index (χ1n) is 9.30. The van der Waals surface area contributed by atoms with Gasteiger partial charge in [0.25, 0.3) is 0 Å². The van der Waals surface area contributed by atoms with Gasteiger partial charge < -0.3 is 10.6 Å². The van der Waals surface area contributed by atoms with Gasteiger partial charge in [0.1, 0.15) is 0 Å². The van der Waals surface area contributed by atoms with Crippen molar-refractivity contribution < 1.29 is 18.4 Å². The molecule has 2 atom stereocenters. The number of carbonyl (C=O) groups is 2. The zero-order valence-corrected chi connectivity index (χ0v) is 15.6. The average molecular weight is 387 g/mol. The average Bonchev–Trinajstić information content (AvgIpc) is 2.71. The fourth-order valence-corrected chi connectivity index (χ4v) is 3.32. The fourth-order valence-electron chi connectivity index (χ4n) is 3.32. The molecule has 2 N–H and O–H groups in total. The lowest BCUT2D eigenvalue weighted by atomic mass is 9.95. The molecule has 7 heteroatoms. The summed E-state index contributed by atoms with van der Waals surface area (Å²) in [5.41, 5.74) is 0.944. The van der Waals surface area contributed by atoms with Crippen LogP contribution < -0.4 is 10.6 Å². The third-order valence-corrected chi connectivity index (χ3v) is 4.98. The molecule has 0 saturated carbocycles. The van der Waals surface area contributed by atoms with Gasteiger partial charge in [0.15, 0.2) is 11.6 Å². The van der Waals surface area contributed by atoms with Gasteiger partial charge in [-0.15, -0.1) is 0 Å². The summed E-state index contributed by atoms with van der Waals surface area (Å²) in [7, 11) is 0. The Balaban J connectivity index is 1.58. The van der Waals surface area contributed by atoms with Crippen LogP contribution in [0.1, 0.15) is 19.8 Å². The van der Waals surface area contributed by atoms with Crippen LogP contribution in [0.15, 0.2) is 48.5 Å². The van der Waals surface area contributed by atoms with Crippen LogP contribution in [0.5, 0.6) is 0 Å². The summed E-state index contributed by atoms with van der Waals surface area (Å²) in [5, 5.41) is 5.51. The van der Waals surface area contributed by atoms with Crippen LogP contribution in [0.25, 0.3) is 0 Å². The summed E-state index contributed by atoms with van der Waals surface area (Å²) in [6.45, 7) is 2.90. The number of carbonyl (C=O) groups excluding carboxylic acids is 2. The molecule has 2 amide bonds. The van der Waals surface area contributed by atoms with Gasteiger partial charge in [0, 0.05) is 24.0 Å². The third-order valence-electron chi connectivity index (χ3n) is 4.98. The summed E-state index contributed by atoms with van der Waals surface area (Å²) < 4.78 is 26.3. The fraction of sp³-hybridized carbons (Fsp3) is 0.333. The molecule has 28 heavy (non-hydrogen) atoms. The van der Waals surface area contributed by atoms with Crippen molar-refractivity contribution >= 4 is 23.2 Å². The van der Waals surface area contributed by atoms with Crippen LogP contribution in [0.4, 0.5) is 20.2 Å². The minimum absolute atomic E-state index is 0.0656. The van der Waals surface area contributed by atoms with Crippen molar-refractivity contribution in [2.45, 2.75) is 25.8 Å². The lowest BCUT2D eigenvalue weighted by molar-refractivity contribution is -0.125. The maximum Gasteiger partial charge on any atom is 0.241 e. The van der Waals surface area contributed by atoms with Crippen LogP contribution in [-0.2, 0) is 9.59 Å². The molecule has 1 fully saturated rings. The lowest BCUT2D eigenvalue weighted by Crippen LogP contribution is -2.49. The van der Waals surface area contributed by atoms with E-state index in [2.05, 4.69) is 10.6 Å². The highest BCUT2D eigenvalue weighted by molar-refractivity contribution is 5.95. The smallest absolute Gasteiger partial charge is 0.241 e. The summed E-state index contributed by atoms with van der Waals surface area (Å²) in [4.78, 5) is 27.0. The van der Waals surface area contributed by atoms with Gasteiger partial charge in [-0.05, 0) is 50.6 Å². The van der Waals surface area contributed by atoms with Gasteiger partial charge in [-0.2, -0.15) is 0 Å². The van der Waals surface area contributed by atoms with Crippen molar-refractivity contribution in [1.82, 2.24) is 4.90 Å². The highest BCUT2D eigenvalue weighted by Crippen LogP contribution is 2.21. The molecule has 0 bridgehead atoms. The number of amides is 2. The van der Waals surface area contributed by atoms with Gasteiger partial charge in [0.2, 0.25) is 11.8 Å². The lowest BCUT2D eigenvalue weighted by Gasteiger charge is -2.35. The summed E-state index contributed by atoms with van der Waals surface area (Å²) >= 11 is 0. The Hall–Kier alpha value is -2.80. The van der Waals surface area contributed by atoms with Crippen LogP contribution in [0.3, 0.4) is 0 Å². The molecule has 0 aliphatic carbocycles. The monoisotopic (exact) mass is 387 g/mol. The molecule has 1 heterocycles. The highest BCUT2D eigenvalue weighted by atomic mass is 19.2. The normalized spacial score (nSPS) is 18.3. The Bertz CT molecular complexity index is 845. The maximum absolute atomic E-state index is 13.3.